The molecule has 0 saturated heterocycles. The van der Waals surface area contributed by atoms with Gasteiger partial charge in [-0.3, -0.25) is 24.1 Å². The maximum absolute atomic E-state index is 13.6. The molecule has 3 aromatic rings. The van der Waals surface area contributed by atoms with Crippen LogP contribution in [0.15, 0.2) is 54.6 Å². The summed E-state index contributed by atoms with van der Waals surface area (Å²) < 4.78 is 0. The van der Waals surface area contributed by atoms with Crippen LogP contribution in [0.4, 0.5) is 5.00 Å². The number of hydrogen-bond acceptors (Lipinski definition) is 5. The second-order valence-corrected chi connectivity index (χ2v) is 9.61. The number of benzene rings is 2. The minimum Gasteiger partial charge on any atom is -0.365 e. The fourth-order valence-electron chi connectivity index (χ4n) is 4.74. The Hall–Kier alpha value is -3.78. The number of rotatable bonds is 6. The molecular weight excluding hydrogens is 450 g/mol. The lowest BCUT2D eigenvalue weighted by Gasteiger charge is -2.25. The van der Waals surface area contributed by atoms with Gasteiger partial charge < -0.3 is 11.1 Å². The lowest BCUT2D eigenvalue weighted by molar-refractivity contribution is -0.119. The third-order valence-corrected chi connectivity index (χ3v) is 7.57. The number of fused-ring (bicyclic) bond motifs is 2. The molecule has 0 spiro atoms. The summed E-state index contributed by atoms with van der Waals surface area (Å²) in [6.45, 7) is 0. The van der Waals surface area contributed by atoms with Gasteiger partial charge in [0.25, 0.3) is 17.7 Å². The number of primary amides is 1. The van der Waals surface area contributed by atoms with Crippen molar-refractivity contribution < 1.29 is 19.2 Å². The third kappa shape index (κ3) is 3.80. The van der Waals surface area contributed by atoms with Gasteiger partial charge in [0, 0.05) is 11.3 Å². The Bertz CT molecular complexity index is 1280. The topological polar surface area (TPSA) is 110 Å². The van der Waals surface area contributed by atoms with Crippen LogP contribution in [0, 0.1) is 0 Å². The lowest BCUT2D eigenvalue weighted by Crippen LogP contribution is -2.48. The highest BCUT2D eigenvalue weighted by Crippen LogP contribution is 2.38. The summed E-state index contributed by atoms with van der Waals surface area (Å²) in [6.07, 6.45) is 3.71. The summed E-state index contributed by atoms with van der Waals surface area (Å²) >= 11 is 1.35. The van der Waals surface area contributed by atoms with Gasteiger partial charge >= 0.3 is 0 Å². The van der Waals surface area contributed by atoms with E-state index in [1.54, 1.807) is 24.3 Å². The fraction of sp³-hybridized carbons (Fsp3) is 0.231. The number of imide groups is 1. The van der Waals surface area contributed by atoms with Crippen molar-refractivity contribution in [2.75, 3.05) is 5.32 Å². The average Bonchev–Trinajstić information content (AvgIpc) is 3.33. The Balaban J connectivity index is 1.51. The maximum Gasteiger partial charge on any atom is 0.262 e. The van der Waals surface area contributed by atoms with E-state index >= 15 is 0 Å². The standard InChI is InChI=1S/C26H23N3O4S/c27-22(30)21-18-12-6-7-13-20(18)34-24(21)28-23(31)19(14-15-8-2-1-3-9-15)29-25(32)16-10-4-5-11-17(16)26(29)33/h1-5,8-11,19H,6-7,12-14H2,(H2,27,30)(H,28,31). The van der Waals surface area contributed by atoms with Gasteiger partial charge in [0.2, 0.25) is 5.91 Å². The predicted molar refractivity (Wildman–Crippen MR) is 129 cm³/mol. The van der Waals surface area contributed by atoms with Crippen molar-refractivity contribution in [1.82, 2.24) is 4.90 Å². The van der Waals surface area contributed by atoms with Crippen molar-refractivity contribution in [2.24, 2.45) is 5.73 Å². The fourth-order valence-corrected chi connectivity index (χ4v) is 6.04. The van der Waals surface area contributed by atoms with Crippen LogP contribution < -0.4 is 11.1 Å². The van der Waals surface area contributed by atoms with E-state index in [0.29, 0.717) is 10.6 Å². The van der Waals surface area contributed by atoms with Crippen LogP contribution in [-0.2, 0) is 24.1 Å². The summed E-state index contributed by atoms with van der Waals surface area (Å²) in [5, 5.41) is 3.23. The first-order valence-electron chi connectivity index (χ1n) is 11.2. The van der Waals surface area contributed by atoms with Crippen molar-refractivity contribution >= 4 is 40.0 Å². The molecule has 1 aliphatic carbocycles. The number of aryl methyl sites for hydroxylation is 1. The SMILES string of the molecule is NC(=O)c1c(NC(=O)C(Cc2ccccc2)N2C(=O)c3ccccc3C2=O)sc2c1CCCC2. The van der Waals surface area contributed by atoms with Crippen molar-refractivity contribution in [3.05, 3.63) is 87.3 Å². The van der Waals surface area contributed by atoms with Gasteiger partial charge in [0.15, 0.2) is 0 Å². The zero-order valence-electron chi connectivity index (χ0n) is 18.4. The number of nitrogens with two attached hydrogens (primary N) is 1. The summed E-state index contributed by atoms with van der Waals surface area (Å²) in [5.41, 5.74) is 8.29. The number of nitrogens with zero attached hydrogens (tertiary/aromatic N) is 1. The number of amides is 4. The highest BCUT2D eigenvalue weighted by atomic mass is 32.1. The van der Waals surface area contributed by atoms with Crippen LogP contribution in [0.25, 0.3) is 0 Å². The molecule has 2 heterocycles. The van der Waals surface area contributed by atoms with E-state index in [1.807, 2.05) is 30.3 Å². The molecule has 0 fully saturated rings. The zero-order chi connectivity index (χ0) is 23.8. The molecule has 0 bridgehead atoms. The van der Waals surface area contributed by atoms with E-state index in [-0.39, 0.29) is 17.5 Å². The molecule has 0 saturated carbocycles. The van der Waals surface area contributed by atoms with E-state index in [4.69, 9.17) is 5.73 Å². The molecule has 1 unspecified atom stereocenters. The minimum absolute atomic E-state index is 0.148. The first-order valence-corrected chi connectivity index (χ1v) is 12.0. The minimum atomic E-state index is -1.09. The second kappa shape index (κ2) is 8.87. The number of anilines is 1. The van der Waals surface area contributed by atoms with Crippen LogP contribution in [0.2, 0.25) is 0 Å². The number of carbonyl (C=O) groups excluding carboxylic acids is 4. The maximum atomic E-state index is 13.6. The highest BCUT2D eigenvalue weighted by molar-refractivity contribution is 7.17. The summed E-state index contributed by atoms with van der Waals surface area (Å²) in [7, 11) is 0. The van der Waals surface area contributed by atoms with Crippen molar-refractivity contribution in [1.29, 1.82) is 0 Å². The molecule has 1 atom stereocenters. The number of thiophene rings is 1. The van der Waals surface area contributed by atoms with Crippen LogP contribution in [0.5, 0.6) is 0 Å². The number of carbonyl (C=O) groups is 4. The van der Waals surface area contributed by atoms with Gasteiger partial charge in [-0.15, -0.1) is 11.3 Å². The molecule has 7 nitrogen and oxygen atoms in total. The number of nitrogens with one attached hydrogen (secondary N) is 1. The molecule has 2 aromatic carbocycles. The zero-order valence-corrected chi connectivity index (χ0v) is 19.2. The monoisotopic (exact) mass is 473 g/mol. The Labute approximate surface area is 200 Å². The largest absolute Gasteiger partial charge is 0.365 e. The molecule has 0 radical (unpaired) electrons. The Kier molecular flexibility index (Phi) is 5.75. The molecule has 3 N–H and O–H groups in total. The number of hydrogen-bond donors (Lipinski definition) is 2. The first kappa shape index (κ1) is 22.0. The third-order valence-electron chi connectivity index (χ3n) is 6.37. The summed E-state index contributed by atoms with van der Waals surface area (Å²) in [4.78, 5) is 54.3. The van der Waals surface area contributed by atoms with Crippen molar-refractivity contribution in [2.45, 2.75) is 38.1 Å². The van der Waals surface area contributed by atoms with E-state index in [2.05, 4.69) is 5.32 Å². The van der Waals surface area contributed by atoms with Gasteiger partial charge in [-0.25, -0.2) is 0 Å². The quantitative estimate of drug-likeness (QED) is 0.533. The second-order valence-electron chi connectivity index (χ2n) is 8.50. The molecule has 2 aliphatic rings. The summed E-state index contributed by atoms with van der Waals surface area (Å²) in [5.74, 6) is -2.12. The van der Waals surface area contributed by atoms with Crippen LogP contribution in [0.3, 0.4) is 0 Å². The lowest BCUT2D eigenvalue weighted by atomic mass is 9.95. The normalized spacial score (nSPS) is 15.6. The Morgan fingerprint density at radius 2 is 1.56 bits per heavy atom. The van der Waals surface area contributed by atoms with Gasteiger partial charge in [0.1, 0.15) is 11.0 Å². The molecule has 4 amide bonds. The molecule has 34 heavy (non-hydrogen) atoms. The molecule has 8 heteroatoms. The van der Waals surface area contributed by atoms with E-state index in [1.165, 1.54) is 11.3 Å². The van der Waals surface area contributed by atoms with Crippen molar-refractivity contribution in [3.8, 4) is 0 Å². The molecule has 172 valence electrons. The van der Waals surface area contributed by atoms with Gasteiger partial charge in [-0.05, 0) is 48.9 Å². The Morgan fingerprint density at radius 1 is 0.941 bits per heavy atom. The van der Waals surface area contributed by atoms with Gasteiger partial charge in [-0.2, -0.15) is 0 Å². The predicted octanol–water partition coefficient (Wildman–Crippen LogP) is 3.57. The molecule has 1 aliphatic heterocycles. The first-order chi connectivity index (χ1) is 16.5. The molecular formula is C26H23N3O4S. The average molecular weight is 474 g/mol. The van der Waals surface area contributed by atoms with Crippen molar-refractivity contribution in [3.63, 3.8) is 0 Å². The van der Waals surface area contributed by atoms with E-state index in [0.717, 1.165) is 46.6 Å². The smallest absolute Gasteiger partial charge is 0.262 e. The summed E-state index contributed by atoms with van der Waals surface area (Å²) in [6, 6.07) is 14.7. The molecule has 1 aromatic heterocycles. The molecule has 5 rings (SSSR count). The van der Waals surface area contributed by atoms with Crippen LogP contribution >= 0.6 is 11.3 Å². The van der Waals surface area contributed by atoms with Gasteiger partial charge in [-0.1, -0.05) is 42.5 Å². The van der Waals surface area contributed by atoms with Gasteiger partial charge in [0.05, 0.1) is 16.7 Å². The highest BCUT2D eigenvalue weighted by Gasteiger charge is 2.43. The Morgan fingerprint density at radius 3 is 2.21 bits per heavy atom. The van der Waals surface area contributed by atoms with E-state index in [9.17, 15) is 19.2 Å². The van der Waals surface area contributed by atoms with Crippen LogP contribution in [-0.4, -0.2) is 34.6 Å². The van der Waals surface area contributed by atoms with Crippen LogP contribution in [0.1, 0.15) is 59.9 Å². The van der Waals surface area contributed by atoms with E-state index < -0.39 is 29.7 Å².